The molecule has 1 aromatic carbocycles. The highest BCUT2D eigenvalue weighted by Crippen LogP contribution is 2.31. The molecule has 1 aliphatic carbocycles. The second kappa shape index (κ2) is 5.69. The monoisotopic (exact) mass is 263 g/mol. The molecule has 1 amide bonds. The zero-order valence-corrected chi connectivity index (χ0v) is 10.8. The van der Waals surface area contributed by atoms with Crippen LogP contribution < -0.4 is 10.6 Å². The van der Waals surface area contributed by atoms with Crippen molar-refractivity contribution in [3.8, 4) is 0 Å². The number of rotatable bonds is 6. The highest BCUT2D eigenvalue weighted by molar-refractivity contribution is 5.95. The van der Waals surface area contributed by atoms with Crippen LogP contribution in [0.1, 0.15) is 29.6 Å². The van der Waals surface area contributed by atoms with Crippen molar-refractivity contribution >= 4 is 17.3 Å². The van der Waals surface area contributed by atoms with E-state index >= 15 is 0 Å². The standard InChI is InChI=1S/C13H17N3O3/c1-14-11-8-10(4-5-12(11)16(18)19)13(17)15-7-6-9-2-3-9/h4-5,8-9,14H,2-3,6-7H2,1H3,(H,15,17). The second-order valence-corrected chi connectivity index (χ2v) is 4.73. The van der Waals surface area contributed by atoms with Crippen LogP contribution >= 0.6 is 0 Å². The summed E-state index contributed by atoms with van der Waals surface area (Å²) in [6, 6.07) is 4.33. The van der Waals surface area contributed by atoms with Gasteiger partial charge in [0.05, 0.1) is 4.92 Å². The van der Waals surface area contributed by atoms with Gasteiger partial charge in [0.2, 0.25) is 0 Å². The molecule has 0 heterocycles. The Morgan fingerprint density at radius 2 is 2.21 bits per heavy atom. The highest BCUT2D eigenvalue weighted by Gasteiger charge is 2.21. The van der Waals surface area contributed by atoms with Crippen molar-refractivity contribution in [1.82, 2.24) is 5.32 Å². The first kappa shape index (κ1) is 13.3. The van der Waals surface area contributed by atoms with Crippen molar-refractivity contribution in [2.75, 3.05) is 18.9 Å². The van der Waals surface area contributed by atoms with Crippen molar-refractivity contribution in [3.63, 3.8) is 0 Å². The Morgan fingerprint density at radius 3 is 2.79 bits per heavy atom. The number of nitro groups is 1. The van der Waals surface area contributed by atoms with E-state index < -0.39 is 4.92 Å². The fraction of sp³-hybridized carbons (Fsp3) is 0.462. The van der Waals surface area contributed by atoms with E-state index in [4.69, 9.17) is 0 Å². The number of hydrogen-bond acceptors (Lipinski definition) is 4. The average Bonchev–Trinajstić information content (AvgIpc) is 3.21. The Labute approximate surface area is 111 Å². The van der Waals surface area contributed by atoms with E-state index in [-0.39, 0.29) is 11.6 Å². The first-order valence-corrected chi connectivity index (χ1v) is 6.36. The number of benzene rings is 1. The van der Waals surface area contributed by atoms with E-state index in [2.05, 4.69) is 10.6 Å². The fourth-order valence-corrected chi connectivity index (χ4v) is 1.94. The Kier molecular flexibility index (Phi) is 3.99. The van der Waals surface area contributed by atoms with Gasteiger partial charge in [-0.3, -0.25) is 14.9 Å². The minimum Gasteiger partial charge on any atom is -0.383 e. The van der Waals surface area contributed by atoms with Crippen LogP contribution in [0.4, 0.5) is 11.4 Å². The molecule has 1 aromatic rings. The number of nitro benzene ring substituents is 1. The molecule has 6 nitrogen and oxygen atoms in total. The highest BCUT2D eigenvalue weighted by atomic mass is 16.6. The topological polar surface area (TPSA) is 84.3 Å². The van der Waals surface area contributed by atoms with Gasteiger partial charge in [0.25, 0.3) is 11.6 Å². The maximum absolute atomic E-state index is 11.9. The second-order valence-electron chi connectivity index (χ2n) is 4.73. The summed E-state index contributed by atoms with van der Waals surface area (Å²) in [5.74, 6) is 0.581. The van der Waals surface area contributed by atoms with Crippen molar-refractivity contribution in [2.45, 2.75) is 19.3 Å². The number of anilines is 1. The van der Waals surface area contributed by atoms with E-state index in [0.717, 1.165) is 12.3 Å². The summed E-state index contributed by atoms with van der Waals surface area (Å²) in [6.45, 7) is 0.662. The Hall–Kier alpha value is -2.11. The SMILES string of the molecule is CNc1cc(C(=O)NCCC2CC2)ccc1[N+](=O)[O-]. The lowest BCUT2D eigenvalue weighted by Crippen LogP contribution is -2.24. The average molecular weight is 263 g/mol. The van der Waals surface area contributed by atoms with Crippen molar-refractivity contribution in [2.24, 2.45) is 5.92 Å². The van der Waals surface area contributed by atoms with E-state index in [1.165, 1.54) is 31.0 Å². The number of nitrogens with zero attached hydrogens (tertiary/aromatic N) is 1. The molecular formula is C13H17N3O3. The lowest BCUT2D eigenvalue weighted by molar-refractivity contribution is -0.383. The molecule has 1 fully saturated rings. The van der Waals surface area contributed by atoms with Gasteiger partial charge in [0.15, 0.2) is 0 Å². The maximum atomic E-state index is 11.9. The Morgan fingerprint density at radius 1 is 1.47 bits per heavy atom. The first-order valence-electron chi connectivity index (χ1n) is 6.36. The van der Waals surface area contributed by atoms with Gasteiger partial charge in [-0.25, -0.2) is 0 Å². The van der Waals surface area contributed by atoms with E-state index in [0.29, 0.717) is 17.8 Å². The number of hydrogen-bond donors (Lipinski definition) is 2. The lowest BCUT2D eigenvalue weighted by atomic mass is 10.1. The number of carbonyl (C=O) groups is 1. The summed E-state index contributed by atoms with van der Waals surface area (Å²) in [5, 5.41) is 16.3. The van der Waals surface area contributed by atoms with Crippen LogP contribution in [0.5, 0.6) is 0 Å². The van der Waals surface area contributed by atoms with Gasteiger partial charge in [-0.1, -0.05) is 12.8 Å². The first-order chi connectivity index (χ1) is 9.11. The molecule has 0 spiro atoms. The van der Waals surface area contributed by atoms with Crippen LogP contribution in [0.3, 0.4) is 0 Å². The van der Waals surface area contributed by atoms with Gasteiger partial charge in [0, 0.05) is 25.2 Å². The predicted octanol–water partition coefficient (Wildman–Crippen LogP) is 2.17. The Bertz CT molecular complexity index is 498. The summed E-state index contributed by atoms with van der Waals surface area (Å²) in [6.07, 6.45) is 3.53. The normalized spacial score (nSPS) is 13.9. The molecule has 2 N–H and O–H groups in total. The van der Waals surface area contributed by atoms with Gasteiger partial charge >= 0.3 is 0 Å². The predicted molar refractivity (Wildman–Crippen MR) is 72.3 cm³/mol. The van der Waals surface area contributed by atoms with Gasteiger partial charge in [-0.05, 0) is 24.5 Å². The van der Waals surface area contributed by atoms with Crippen LogP contribution in [0.25, 0.3) is 0 Å². The summed E-state index contributed by atoms with van der Waals surface area (Å²) >= 11 is 0. The van der Waals surface area contributed by atoms with Crippen LogP contribution in [0, 0.1) is 16.0 Å². The molecule has 1 aliphatic rings. The lowest BCUT2D eigenvalue weighted by Gasteiger charge is -2.07. The quantitative estimate of drug-likeness (QED) is 0.608. The molecule has 19 heavy (non-hydrogen) atoms. The number of amides is 1. The number of carbonyl (C=O) groups excluding carboxylic acids is 1. The molecule has 0 atom stereocenters. The third-order valence-corrected chi connectivity index (χ3v) is 3.26. The van der Waals surface area contributed by atoms with E-state index in [1.807, 2.05) is 0 Å². The maximum Gasteiger partial charge on any atom is 0.292 e. The largest absolute Gasteiger partial charge is 0.383 e. The minimum absolute atomic E-state index is 0.0305. The fourth-order valence-electron chi connectivity index (χ4n) is 1.94. The molecule has 102 valence electrons. The minimum atomic E-state index is -0.472. The molecular weight excluding hydrogens is 246 g/mol. The van der Waals surface area contributed by atoms with Crippen molar-refractivity contribution in [1.29, 1.82) is 0 Å². The van der Waals surface area contributed by atoms with Gasteiger partial charge in [-0.15, -0.1) is 0 Å². The third-order valence-electron chi connectivity index (χ3n) is 3.26. The molecule has 0 aromatic heterocycles. The molecule has 1 saturated carbocycles. The molecule has 0 unspecified atom stereocenters. The van der Waals surface area contributed by atoms with Gasteiger partial charge in [0.1, 0.15) is 5.69 Å². The van der Waals surface area contributed by atoms with Crippen LogP contribution in [-0.4, -0.2) is 24.4 Å². The summed E-state index contributed by atoms with van der Waals surface area (Å²) < 4.78 is 0. The van der Waals surface area contributed by atoms with E-state index in [9.17, 15) is 14.9 Å². The zero-order chi connectivity index (χ0) is 13.8. The Balaban J connectivity index is 2.02. The molecule has 0 aliphatic heterocycles. The van der Waals surface area contributed by atoms with E-state index in [1.54, 1.807) is 7.05 Å². The summed E-state index contributed by atoms with van der Waals surface area (Å²) in [5.41, 5.74) is 0.752. The van der Waals surface area contributed by atoms with Crippen molar-refractivity contribution < 1.29 is 9.72 Å². The molecule has 2 rings (SSSR count). The van der Waals surface area contributed by atoms with Crippen molar-refractivity contribution in [3.05, 3.63) is 33.9 Å². The number of nitrogens with one attached hydrogen (secondary N) is 2. The molecule has 0 radical (unpaired) electrons. The summed E-state index contributed by atoms with van der Waals surface area (Å²) in [4.78, 5) is 22.2. The summed E-state index contributed by atoms with van der Waals surface area (Å²) in [7, 11) is 1.59. The van der Waals surface area contributed by atoms with Crippen LogP contribution in [0.2, 0.25) is 0 Å². The molecule has 6 heteroatoms. The van der Waals surface area contributed by atoms with Gasteiger partial charge in [-0.2, -0.15) is 0 Å². The zero-order valence-electron chi connectivity index (χ0n) is 10.8. The molecule has 0 saturated heterocycles. The smallest absolute Gasteiger partial charge is 0.292 e. The molecule has 0 bridgehead atoms. The van der Waals surface area contributed by atoms with Gasteiger partial charge < -0.3 is 10.6 Å². The third kappa shape index (κ3) is 3.43. The van der Waals surface area contributed by atoms with Crippen LogP contribution in [0.15, 0.2) is 18.2 Å². The van der Waals surface area contributed by atoms with Crippen LogP contribution in [-0.2, 0) is 0 Å².